The molecule has 12 rings (SSSR count). The zero-order valence-corrected chi connectivity index (χ0v) is 30.0. The van der Waals surface area contributed by atoms with Crippen LogP contribution in [0.3, 0.4) is 0 Å². The van der Waals surface area contributed by atoms with Crippen molar-refractivity contribution in [3.8, 4) is 44.9 Å². The molecule has 2 aliphatic carbocycles. The summed E-state index contributed by atoms with van der Waals surface area (Å²) in [5.41, 5.74) is 16.7. The van der Waals surface area contributed by atoms with Crippen molar-refractivity contribution in [3.05, 3.63) is 251 Å². The predicted molar refractivity (Wildman–Crippen MR) is 224 cm³/mol. The van der Waals surface area contributed by atoms with Crippen molar-refractivity contribution in [2.24, 2.45) is 0 Å². The van der Waals surface area contributed by atoms with Gasteiger partial charge in [0.1, 0.15) is 11.5 Å². The second-order valence-corrected chi connectivity index (χ2v) is 15.1. The Morgan fingerprint density at radius 3 is 1.56 bits per heavy atom. The molecule has 256 valence electrons. The van der Waals surface area contributed by atoms with Gasteiger partial charge in [-0.15, -0.1) is 0 Å². The van der Waals surface area contributed by atoms with Crippen molar-refractivity contribution in [2.45, 2.75) is 10.8 Å². The molecule has 0 fully saturated rings. The van der Waals surface area contributed by atoms with Crippen LogP contribution in [0.1, 0.15) is 44.5 Å². The largest absolute Gasteiger partial charge is 0.457 e. The molecule has 0 radical (unpaired) electrons. The van der Waals surface area contributed by atoms with Crippen molar-refractivity contribution in [2.75, 3.05) is 0 Å². The Hall–Kier alpha value is -6.96. The monoisotopic (exact) mass is 698 g/mol. The first-order valence-electron chi connectivity index (χ1n) is 19.2. The number of ether oxygens (including phenoxy) is 1. The normalized spacial score (nSPS) is 14.6. The maximum atomic E-state index is 6.92. The molecule has 1 heteroatoms. The van der Waals surface area contributed by atoms with E-state index in [-0.39, 0.29) is 0 Å². The van der Waals surface area contributed by atoms with E-state index in [1.165, 1.54) is 72.0 Å². The highest BCUT2D eigenvalue weighted by Crippen LogP contribution is 2.64. The van der Waals surface area contributed by atoms with E-state index in [1.54, 1.807) is 0 Å². The average Bonchev–Trinajstić information content (AvgIpc) is 3.73. The Kier molecular flexibility index (Phi) is 6.25. The molecule has 9 aromatic rings. The molecule has 0 saturated heterocycles. The maximum absolute atomic E-state index is 6.92. The molecule has 0 amide bonds. The number of rotatable bonds is 3. The third-order valence-corrected chi connectivity index (χ3v) is 12.6. The molecule has 0 aromatic heterocycles. The summed E-state index contributed by atoms with van der Waals surface area (Å²) in [6, 6.07) is 76.1. The number of hydrogen-bond acceptors (Lipinski definition) is 1. The summed E-state index contributed by atoms with van der Waals surface area (Å²) >= 11 is 0. The topological polar surface area (TPSA) is 9.23 Å². The summed E-state index contributed by atoms with van der Waals surface area (Å²) in [5, 5.41) is 2.58. The van der Waals surface area contributed by atoms with Gasteiger partial charge in [-0.2, -0.15) is 0 Å². The van der Waals surface area contributed by atoms with E-state index >= 15 is 0 Å². The highest BCUT2D eigenvalue weighted by Gasteiger charge is 2.52. The van der Waals surface area contributed by atoms with E-state index in [4.69, 9.17) is 4.74 Å². The third kappa shape index (κ3) is 3.92. The van der Waals surface area contributed by atoms with Crippen molar-refractivity contribution >= 4 is 10.8 Å². The van der Waals surface area contributed by atoms with Gasteiger partial charge in [-0.3, -0.25) is 0 Å². The maximum Gasteiger partial charge on any atom is 0.132 e. The smallest absolute Gasteiger partial charge is 0.132 e. The van der Waals surface area contributed by atoms with Gasteiger partial charge in [0.15, 0.2) is 0 Å². The van der Waals surface area contributed by atoms with Gasteiger partial charge in [0.05, 0.1) is 10.8 Å². The molecule has 0 saturated carbocycles. The van der Waals surface area contributed by atoms with Crippen LogP contribution in [0.25, 0.3) is 44.2 Å². The van der Waals surface area contributed by atoms with Gasteiger partial charge in [-0.1, -0.05) is 188 Å². The molecule has 0 unspecified atom stereocenters. The fourth-order valence-corrected chi connectivity index (χ4v) is 10.5. The fraction of sp³-hybridized carbons (Fsp3) is 0.0370. The summed E-state index contributed by atoms with van der Waals surface area (Å²) in [7, 11) is 0. The van der Waals surface area contributed by atoms with Gasteiger partial charge in [0.25, 0.3) is 0 Å². The number of fused-ring (bicyclic) bond motifs is 14. The van der Waals surface area contributed by atoms with Crippen LogP contribution in [0.15, 0.2) is 206 Å². The van der Waals surface area contributed by atoms with Crippen LogP contribution in [0.5, 0.6) is 11.5 Å². The molecule has 3 aliphatic rings. The standard InChI is InChI=1S/C54H34O/c1-3-16-38(17-4-1)53(39-18-5-2-6-19-39)47-25-13-14-26-50(47)55-51-34-37(29-32-48(51)53)36-28-30-43-44-31-27-35-15-7-8-20-40(35)52(44)54(49(43)33-36)45-23-11-9-21-41(45)42-22-10-12-24-46(42)54/h1-34H. The predicted octanol–water partition coefficient (Wildman–Crippen LogP) is 13.3. The van der Waals surface area contributed by atoms with Crippen molar-refractivity contribution < 1.29 is 4.74 Å². The third-order valence-electron chi connectivity index (χ3n) is 12.6. The molecule has 9 aromatic carbocycles. The molecular weight excluding hydrogens is 665 g/mol. The van der Waals surface area contributed by atoms with E-state index in [9.17, 15) is 0 Å². The van der Waals surface area contributed by atoms with Crippen molar-refractivity contribution in [1.82, 2.24) is 0 Å². The molecule has 1 nitrogen and oxygen atoms in total. The molecular formula is C54H34O. The Labute approximate surface area is 320 Å². The second kappa shape index (κ2) is 11.3. The van der Waals surface area contributed by atoms with E-state index in [0.717, 1.165) is 28.2 Å². The number of para-hydroxylation sites is 1. The Morgan fingerprint density at radius 2 is 0.836 bits per heavy atom. The van der Waals surface area contributed by atoms with Gasteiger partial charge in [-0.25, -0.2) is 0 Å². The lowest BCUT2D eigenvalue weighted by atomic mass is 9.63. The Bertz CT molecular complexity index is 2930. The van der Waals surface area contributed by atoms with Crippen LogP contribution >= 0.6 is 0 Å². The van der Waals surface area contributed by atoms with Crippen LogP contribution < -0.4 is 4.74 Å². The van der Waals surface area contributed by atoms with Gasteiger partial charge in [-0.05, 0) is 95.7 Å². The summed E-state index contributed by atoms with van der Waals surface area (Å²) < 4.78 is 6.92. The SMILES string of the molecule is c1ccc(C2(c3ccccc3)c3ccccc3Oc3cc(-c4ccc5c(c4)C4(c6ccccc6-c6ccccc64)c4c-5ccc5ccccc45)ccc32)cc1. The second-order valence-electron chi connectivity index (χ2n) is 15.1. The van der Waals surface area contributed by atoms with Gasteiger partial charge in [0.2, 0.25) is 0 Å². The van der Waals surface area contributed by atoms with Crippen LogP contribution in [0.4, 0.5) is 0 Å². The molecule has 1 aliphatic heterocycles. The summed E-state index contributed by atoms with van der Waals surface area (Å²) in [4.78, 5) is 0. The molecule has 55 heavy (non-hydrogen) atoms. The summed E-state index contributed by atoms with van der Waals surface area (Å²) in [6.07, 6.45) is 0. The lowest BCUT2D eigenvalue weighted by Gasteiger charge is -2.41. The van der Waals surface area contributed by atoms with Crippen LogP contribution in [0, 0.1) is 0 Å². The van der Waals surface area contributed by atoms with E-state index < -0.39 is 10.8 Å². The Morgan fingerprint density at radius 1 is 0.309 bits per heavy atom. The fourth-order valence-electron chi connectivity index (χ4n) is 10.5. The molecule has 0 atom stereocenters. The number of hydrogen-bond donors (Lipinski definition) is 0. The lowest BCUT2D eigenvalue weighted by Crippen LogP contribution is -2.34. The molecule has 0 N–H and O–H groups in total. The Balaban J connectivity index is 1.11. The lowest BCUT2D eigenvalue weighted by molar-refractivity contribution is 0.435. The molecule has 1 spiro atoms. The van der Waals surface area contributed by atoms with Gasteiger partial charge in [0, 0.05) is 11.1 Å². The average molecular weight is 699 g/mol. The van der Waals surface area contributed by atoms with Crippen LogP contribution in [-0.4, -0.2) is 0 Å². The zero-order chi connectivity index (χ0) is 36.1. The quantitative estimate of drug-likeness (QED) is 0.178. The van der Waals surface area contributed by atoms with Crippen molar-refractivity contribution in [1.29, 1.82) is 0 Å². The minimum absolute atomic E-state index is 0.450. The zero-order valence-electron chi connectivity index (χ0n) is 30.0. The molecule has 0 bridgehead atoms. The highest BCUT2D eigenvalue weighted by molar-refractivity contribution is 6.04. The van der Waals surface area contributed by atoms with Gasteiger partial charge < -0.3 is 4.74 Å². The minimum atomic E-state index is -0.548. The van der Waals surface area contributed by atoms with Crippen molar-refractivity contribution in [3.63, 3.8) is 0 Å². The summed E-state index contributed by atoms with van der Waals surface area (Å²) in [5.74, 6) is 1.76. The van der Waals surface area contributed by atoms with E-state index in [0.29, 0.717) is 0 Å². The first-order chi connectivity index (χ1) is 27.3. The first kappa shape index (κ1) is 30.5. The highest BCUT2D eigenvalue weighted by atomic mass is 16.5. The number of benzene rings is 9. The van der Waals surface area contributed by atoms with E-state index in [1.807, 2.05) is 0 Å². The van der Waals surface area contributed by atoms with Crippen LogP contribution in [0.2, 0.25) is 0 Å². The van der Waals surface area contributed by atoms with E-state index in [2.05, 4.69) is 206 Å². The minimum Gasteiger partial charge on any atom is -0.457 e. The van der Waals surface area contributed by atoms with Crippen LogP contribution in [-0.2, 0) is 10.8 Å². The van der Waals surface area contributed by atoms with Gasteiger partial charge >= 0.3 is 0 Å². The first-order valence-corrected chi connectivity index (χ1v) is 19.2. The summed E-state index contributed by atoms with van der Waals surface area (Å²) in [6.45, 7) is 0. The molecule has 1 heterocycles.